The third-order valence-corrected chi connectivity index (χ3v) is 4.68. The summed E-state index contributed by atoms with van der Waals surface area (Å²) in [4.78, 5) is 21.0. The van der Waals surface area contributed by atoms with E-state index in [0.29, 0.717) is 42.7 Å². The second-order valence-corrected chi connectivity index (χ2v) is 6.55. The van der Waals surface area contributed by atoms with Crippen LogP contribution in [-0.4, -0.2) is 35.8 Å². The number of ether oxygens (including phenoxy) is 3. The monoisotopic (exact) mass is 398 g/mol. The normalized spacial score (nSPS) is 10.5. The van der Waals surface area contributed by atoms with E-state index in [-0.39, 0.29) is 5.69 Å². The molecule has 0 saturated heterocycles. The molecule has 1 aromatic carbocycles. The maximum atomic E-state index is 11.9. The van der Waals surface area contributed by atoms with Gasteiger partial charge in [-0.25, -0.2) is 14.8 Å². The number of aromatic nitrogens is 2. The number of thiazole rings is 1. The summed E-state index contributed by atoms with van der Waals surface area (Å²) in [7, 11) is 0. The summed E-state index contributed by atoms with van der Waals surface area (Å²) in [5.74, 6) is 0.974. The van der Waals surface area contributed by atoms with Gasteiger partial charge < -0.3 is 14.2 Å². The van der Waals surface area contributed by atoms with Gasteiger partial charge in [-0.05, 0) is 51.1 Å². The number of carbonyl (C=O) groups excluding carboxylic acids is 1. The summed E-state index contributed by atoms with van der Waals surface area (Å²) in [5, 5.41) is 2.76. The zero-order chi connectivity index (χ0) is 19.9. The van der Waals surface area contributed by atoms with Gasteiger partial charge in [0.1, 0.15) is 16.4 Å². The number of benzene rings is 1. The van der Waals surface area contributed by atoms with Gasteiger partial charge in [0, 0.05) is 10.9 Å². The summed E-state index contributed by atoms with van der Waals surface area (Å²) in [6, 6.07) is 11.0. The van der Waals surface area contributed by atoms with E-state index in [1.807, 2.05) is 43.5 Å². The summed E-state index contributed by atoms with van der Waals surface area (Å²) < 4.78 is 16.3. The number of carbonyl (C=O) groups is 1. The highest BCUT2D eigenvalue weighted by atomic mass is 32.1. The topological polar surface area (TPSA) is 70.5 Å². The van der Waals surface area contributed by atoms with E-state index in [1.54, 1.807) is 19.1 Å². The first-order valence-corrected chi connectivity index (χ1v) is 10.0. The number of esters is 1. The standard InChI is InChI=1S/C21H22N2O4S/c1-4-25-18-11-10-14(12-19(18)26-5-2)20-23-17(13-28-20)15-8-7-9-16(22-15)21(24)27-6-3/h7-13H,4-6H2,1-3H3. The maximum Gasteiger partial charge on any atom is 0.356 e. The van der Waals surface area contributed by atoms with Crippen LogP contribution in [-0.2, 0) is 4.74 Å². The minimum atomic E-state index is -0.437. The zero-order valence-corrected chi connectivity index (χ0v) is 16.9. The van der Waals surface area contributed by atoms with Gasteiger partial charge >= 0.3 is 5.97 Å². The van der Waals surface area contributed by atoms with Crippen LogP contribution >= 0.6 is 11.3 Å². The van der Waals surface area contributed by atoms with Crippen molar-refractivity contribution in [2.45, 2.75) is 20.8 Å². The first-order valence-electron chi connectivity index (χ1n) is 9.16. The van der Waals surface area contributed by atoms with Crippen LogP contribution in [0.1, 0.15) is 31.3 Å². The Morgan fingerprint density at radius 2 is 1.71 bits per heavy atom. The Bertz CT molecular complexity index is 955. The van der Waals surface area contributed by atoms with E-state index >= 15 is 0 Å². The fourth-order valence-corrected chi connectivity index (χ4v) is 3.42. The second kappa shape index (κ2) is 9.32. The molecular formula is C21H22N2O4S. The van der Waals surface area contributed by atoms with E-state index in [0.717, 1.165) is 10.6 Å². The minimum absolute atomic E-state index is 0.272. The van der Waals surface area contributed by atoms with E-state index < -0.39 is 5.97 Å². The molecule has 6 nitrogen and oxygen atoms in total. The Kier molecular flexibility index (Phi) is 6.60. The summed E-state index contributed by atoms with van der Waals surface area (Å²) in [6.45, 7) is 7.08. The van der Waals surface area contributed by atoms with Gasteiger partial charge in [-0.15, -0.1) is 11.3 Å². The fraction of sp³-hybridized carbons (Fsp3) is 0.286. The van der Waals surface area contributed by atoms with Crippen LogP contribution in [0.15, 0.2) is 41.8 Å². The lowest BCUT2D eigenvalue weighted by molar-refractivity contribution is 0.0519. The molecule has 146 valence electrons. The Hall–Kier alpha value is -2.93. The van der Waals surface area contributed by atoms with Gasteiger partial charge in [0.05, 0.1) is 25.5 Å². The third kappa shape index (κ3) is 4.48. The Labute approximate surface area is 168 Å². The van der Waals surface area contributed by atoms with Crippen LogP contribution < -0.4 is 9.47 Å². The predicted octanol–water partition coefficient (Wildman–Crippen LogP) is 4.85. The smallest absolute Gasteiger partial charge is 0.356 e. The molecule has 0 radical (unpaired) electrons. The quantitative estimate of drug-likeness (QED) is 0.505. The first-order chi connectivity index (χ1) is 13.7. The molecule has 0 aliphatic heterocycles. The van der Waals surface area contributed by atoms with Crippen molar-refractivity contribution in [1.82, 2.24) is 9.97 Å². The molecular weight excluding hydrogens is 376 g/mol. The molecule has 28 heavy (non-hydrogen) atoms. The second-order valence-electron chi connectivity index (χ2n) is 5.69. The van der Waals surface area contributed by atoms with Gasteiger partial charge in [-0.3, -0.25) is 0 Å². The van der Waals surface area contributed by atoms with Crippen molar-refractivity contribution >= 4 is 17.3 Å². The largest absolute Gasteiger partial charge is 0.490 e. The van der Waals surface area contributed by atoms with Crippen LogP contribution in [0, 0.1) is 0 Å². The molecule has 0 unspecified atom stereocenters. The van der Waals surface area contributed by atoms with E-state index in [4.69, 9.17) is 14.2 Å². The zero-order valence-electron chi connectivity index (χ0n) is 16.1. The van der Waals surface area contributed by atoms with Gasteiger partial charge in [-0.2, -0.15) is 0 Å². The van der Waals surface area contributed by atoms with Crippen LogP contribution in [0.5, 0.6) is 11.5 Å². The van der Waals surface area contributed by atoms with E-state index in [9.17, 15) is 4.79 Å². The van der Waals surface area contributed by atoms with Gasteiger partial charge in [0.15, 0.2) is 11.5 Å². The molecule has 0 bridgehead atoms. The highest BCUT2D eigenvalue weighted by Gasteiger charge is 2.14. The SMILES string of the molecule is CCOC(=O)c1cccc(-c2csc(-c3ccc(OCC)c(OCC)c3)n2)n1. The molecule has 0 spiro atoms. The van der Waals surface area contributed by atoms with Crippen molar-refractivity contribution in [3.05, 3.63) is 47.5 Å². The molecule has 7 heteroatoms. The van der Waals surface area contributed by atoms with Crippen molar-refractivity contribution in [3.8, 4) is 33.5 Å². The Morgan fingerprint density at radius 1 is 0.929 bits per heavy atom. The van der Waals surface area contributed by atoms with Crippen molar-refractivity contribution in [2.24, 2.45) is 0 Å². The molecule has 2 aromatic heterocycles. The minimum Gasteiger partial charge on any atom is -0.490 e. The van der Waals surface area contributed by atoms with Crippen molar-refractivity contribution in [2.75, 3.05) is 19.8 Å². The third-order valence-electron chi connectivity index (χ3n) is 3.79. The molecule has 0 aliphatic carbocycles. The van der Waals surface area contributed by atoms with Crippen LogP contribution in [0.25, 0.3) is 22.0 Å². The fourth-order valence-electron chi connectivity index (χ4n) is 2.60. The summed E-state index contributed by atoms with van der Waals surface area (Å²) >= 11 is 1.50. The molecule has 3 aromatic rings. The van der Waals surface area contributed by atoms with Crippen molar-refractivity contribution < 1.29 is 19.0 Å². The molecule has 0 atom stereocenters. The number of hydrogen-bond acceptors (Lipinski definition) is 7. The number of pyridine rings is 1. The predicted molar refractivity (Wildman–Crippen MR) is 109 cm³/mol. The molecule has 0 fully saturated rings. The average Bonchev–Trinajstić information content (AvgIpc) is 3.20. The van der Waals surface area contributed by atoms with Crippen LogP contribution in [0.4, 0.5) is 0 Å². The number of nitrogens with zero attached hydrogens (tertiary/aromatic N) is 2. The highest BCUT2D eigenvalue weighted by Crippen LogP contribution is 2.35. The first kappa shape index (κ1) is 19.8. The summed E-state index contributed by atoms with van der Waals surface area (Å²) in [6.07, 6.45) is 0. The maximum absolute atomic E-state index is 11.9. The van der Waals surface area contributed by atoms with E-state index in [1.165, 1.54) is 11.3 Å². The average molecular weight is 398 g/mol. The molecule has 2 heterocycles. The lowest BCUT2D eigenvalue weighted by Crippen LogP contribution is -2.07. The molecule has 0 amide bonds. The van der Waals surface area contributed by atoms with Crippen LogP contribution in [0.3, 0.4) is 0 Å². The van der Waals surface area contributed by atoms with Gasteiger partial charge in [-0.1, -0.05) is 6.07 Å². The molecule has 0 saturated carbocycles. The van der Waals surface area contributed by atoms with Crippen LogP contribution in [0.2, 0.25) is 0 Å². The lowest BCUT2D eigenvalue weighted by Gasteiger charge is -2.11. The summed E-state index contributed by atoms with van der Waals surface area (Å²) in [5.41, 5.74) is 2.54. The van der Waals surface area contributed by atoms with E-state index in [2.05, 4.69) is 9.97 Å². The van der Waals surface area contributed by atoms with Crippen molar-refractivity contribution in [3.63, 3.8) is 0 Å². The number of hydrogen-bond donors (Lipinski definition) is 0. The Morgan fingerprint density at radius 3 is 2.46 bits per heavy atom. The molecule has 0 aliphatic rings. The highest BCUT2D eigenvalue weighted by molar-refractivity contribution is 7.13. The van der Waals surface area contributed by atoms with Crippen molar-refractivity contribution in [1.29, 1.82) is 0 Å². The lowest BCUT2D eigenvalue weighted by atomic mass is 10.2. The molecule has 0 N–H and O–H groups in total. The number of rotatable bonds is 8. The molecule has 3 rings (SSSR count). The van der Waals surface area contributed by atoms with Gasteiger partial charge in [0.25, 0.3) is 0 Å². The van der Waals surface area contributed by atoms with Gasteiger partial charge in [0.2, 0.25) is 0 Å². The Balaban J connectivity index is 1.89.